The zero-order valence-corrected chi connectivity index (χ0v) is 23.6. The molecule has 3 heterocycles. The first kappa shape index (κ1) is 26.9. The van der Waals surface area contributed by atoms with Crippen molar-refractivity contribution in [1.82, 2.24) is 9.80 Å². The van der Waals surface area contributed by atoms with Crippen LogP contribution in [0.5, 0.6) is 11.5 Å². The SMILES string of the molecule is CN1CCN(CC(=O)N(C)c2ccc(N/C(=C3\C(=O)Nc4cc(Cl)ccc43)c3ccc4c(c3)OC=CO4)cc2)CC1. The summed E-state index contributed by atoms with van der Waals surface area (Å²) in [5, 5.41) is 6.91. The maximum atomic E-state index is 13.3. The van der Waals surface area contributed by atoms with Crippen LogP contribution < -0.4 is 25.0 Å². The van der Waals surface area contributed by atoms with Crippen molar-refractivity contribution in [2.75, 3.05) is 62.4 Å². The number of fused-ring (bicyclic) bond motifs is 2. The molecule has 0 bridgehead atoms. The number of amides is 2. The van der Waals surface area contributed by atoms with E-state index in [2.05, 4.69) is 27.5 Å². The van der Waals surface area contributed by atoms with Crippen molar-refractivity contribution in [3.05, 3.63) is 89.3 Å². The second-order valence-electron chi connectivity index (χ2n) is 10.3. The zero-order valence-electron chi connectivity index (χ0n) is 22.8. The van der Waals surface area contributed by atoms with Crippen LogP contribution >= 0.6 is 11.6 Å². The van der Waals surface area contributed by atoms with Crippen LogP contribution in [0.15, 0.2) is 73.2 Å². The van der Waals surface area contributed by atoms with E-state index in [4.69, 9.17) is 21.1 Å². The predicted octanol–water partition coefficient (Wildman–Crippen LogP) is 4.73. The van der Waals surface area contributed by atoms with Crippen LogP contribution in [0.3, 0.4) is 0 Å². The molecular formula is C31H30ClN5O4. The van der Waals surface area contributed by atoms with Gasteiger partial charge in [0.15, 0.2) is 11.5 Å². The number of hydrogen-bond acceptors (Lipinski definition) is 7. The molecule has 2 N–H and O–H groups in total. The van der Waals surface area contributed by atoms with Gasteiger partial charge in [0.2, 0.25) is 5.91 Å². The van der Waals surface area contributed by atoms with Crippen LogP contribution in [0.2, 0.25) is 5.02 Å². The molecule has 2 amide bonds. The van der Waals surface area contributed by atoms with Crippen LogP contribution in [-0.4, -0.2) is 68.4 Å². The number of benzene rings is 3. The van der Waals surface area contributed by atoms with Gasteiger partial charge in [0.1, 0.15) is 12.5 Å². The largest absolute Gasteiger partial charge is 0.458 e. The summed E-state index contributed by atoms with van der Waals surface area (Å²) in [5.41, 5.74) is 4.73. The third-order valence-electron chi connectivity index (χ3n) is 7.51. The lowest BCUT2D eigenvalue weighted by Gasteiger charge is -2.32. The maximum Gasteiger partial charge on any atom is 0.258 e. The summed E-state index contributed by atoms with van der Waals surface area (Å²) in [5.74, 6) is 0.916. The Hall–Kier alpha value is -4.31. The molecule has 9 nitrogen and oxygen atoms in total. The minimum atomic E-state index is -0.245. The summed E-state index contributed by atoms with van der Waals surface area (Å²) in [6.07, 6.45) is 2.94. The Labute approximate surface area is 243 Å². The number of likely N-dealkylation sites (N-methyl/N-ethyl adjacent to an activating group) is 2. The summed E-state index contributed by atoms with van der Waals surface area (Å²) >= 11 is 6.20. The smallest absolute Gasteiger partial charge is 0.258 e. The van der Waals surface area contributed by atoms with E-state index in [-0.39, 0.29) is 11.8 Å². The second kappa shape index (κ2) is 11.3. The molecule has 210 valence electrons. The Morgan fingerprint density at radius 3 is 2.46 bits per heavy atom. The maximum absolute atomic E-state index is 13.3. The van der Waals surface area contributed by atoms with E-state index in [1.165, 1.54) is 12.5 Å². The van der Waals surface area contributed by atoms with E-state index < -0.39 is 0 Å². The Balaban J connectivity index is 1.29. The summed E-state index contributed by atoms with van der Waals surface area (Å²) in [7, 11) is 3.89. The molecule has 0 aliphatic carbocycles. The molecule has 1 saturated heterocycles. The lowest BCUT2D eigenvalue weighted by Crippen LogP contribution is -2.48. The molecular weight excluding hydrogens is 542 g/mol. The zero-order chi connectivity index (χ0) is 28.5. The molecule has 3 aliphatic heterocycles. The number of nitrogens with one attached hydrogen (secondary N) is 2. The number of piperazine rings is 1. The first-order valence-corrected chi connectivity index (χ1v) is 13.8. The van der Waals surface area contributed by atoms with Gasteiger partial charge < -0.3 is 29.9 Å². The van der Waals surface area contributed by atoms with Gasteiger partial charge in [-0.2, -0.15) is 0 Å². The van der Waals surface area contributed by atoms with Crippen molar-refractivity contribution in [1.29, 1.82) is 0 Å². The van der Waals surface area contributed by atoms with Crippen molar-refractivity contribution in [2.45, 2.75) is 0 Å². The van der Waals surface area contributed by atoms with Gasteiger partial charge in [-0.3, -0.25) is 14.5 Å². The van der Waals surface area contributed by atoms with Crippen molar-refractivity contribution in [2.24, 2.45) is 0 Å². The molecule has 3 aromatic rings. The number of halogens is 1. The Bertz CT molecular complexity index is 1560. The normalized spacial score (nSPS) is 17.6. The predicted molar refractivity (Wildman–Crippen MR) is 161 cm³/mol. The molecule has 6 rings (SSSR count). The van der Waals surface area contributed by atoms with Gasteiger partial charge in [-0.1, -0.05) is 17.7 Å². The average molecular weight is 572 g/mol. The standard InChI is InChI=1S/C31H30ClN5O4/c1-35-11-13-37(14-12-35)19-28(38)36(2)23-7-5-22(6-8-23)33-30(20-3-10-26-27(17-20)41-16-15-40-26)29-24-9-4-21(32)18-25(24)34-31(29)39/h3-10,15-18,33H,11-14,19H2,1-2H3,(H,34,39)/b30-29-. The molecule has 3 aliphatic rings. The van der Waals surface area contributed by atoms with Crippen molar-refractivity contribution in [3.8, 4) is 11.5 Å². The molecule has 0 radical (unpaired) electrons. The van der Waals surface area contributed by atoms with E-state index in [1.807, 2.05) is 42.5 Å². The molecule has 0 aromatic heterocycles. The van der Waals surface area contributed by atoms with Gasteiger partial charge in [0.25, 0.3) is 5.91 Å². The van der Waals surface area contributed by atoms with Crippen LogP contribution in [-0.2, 0) is 9.59 Å². The van der Waals surface area contributed by atoms with Gasteiger partial charge in [-0.15, -0.1) is 0 Å². The highest BCUT2D eigenvalue weighted by atomic mass is 35.5. The Kier molecular flexibility index (Phi) is 7.40. The number of ether oxygens (including phenoxy) is 2. The Morgan fingerprint density at radius 2 is 1.71 bits per heavy atom. The highest BCUT2D eigenvalue weighted by molar-refractivity contribution is 6.38. The minimum absolute atomic E-state index is 0.0429. The monoisotopic (exact) mass is 571 g/mol. The fourth-order valence-corrected chi connectivity index (χ4v) is 5.26. The van der Waals surface area contributed by atoms with Crippen LogP contribution in [0, 0.1) is 0 Å². The molecule has 0 saturated carbocycles. The molecule has 1 fully saturated rings. The van der Waals surface area contributed by atoms with E-state index in [0.717, 1.165) is 48.7 Å². The van der Waals surface area contributed by atoms with Crippen LogP contribution in [0.1, 0.15) is 11.1 Å². The quantitative estimate of drug-likeness (QED) is 0.414. The minimum Gasteiger partial charge on any atom is -0.458 e. The first-order valence-electron chi connectivity index (χ1n) is 13.4. The van der Waals surface area contributed by atoms with Crippen LogP contribution in [0.4, 0.5) is 17.1 Å². The second-order valence-corrected chi connectivity index (χ2v) is 10.7. The average Bonchev–Trinajstić information content (AvgIpc) is 3.31. The highest BCUT2D eigenvalue weighted by Gasteiger charge is 2.29. The van der Waals surface area contributed by atoms with E-state index in [1.54, 1.807) is 30.1 Å². The van der Waals surface area contributed by atoms with Crippen molar-refractivity contribution in [3.63, 3.8) is 0 Å². The van der Waals surface area contributed by atoms with Crippen molar-refractivity contribution >= 4 is 51.7 Å². The summed E-state index contributed by atoms with van der Waals surface area (Å²) in [6.45, 7) is 4.08. The van der Waals surface area contributed by atoms with E-state index in [9.17, 15) is 9.59 Å². The summed E-state index contributed by atoms with van der Waals surface area (Å²) in [6, 6.07) is 18.4. The fourth-order valence-electron chi connectivity index (χ4n) is 5.09. The summed E-state index contributed by atoms with van der Waals surface area (Å²) in [4.78, 5) is 32.4. The van der Waals surface area contributed by atoms with Crippen LogP contribution in [0.25, 0.3) is 11.3 Å². The molecule has 10 heteroatoms. The Morgan fingerprint density at radius 1 is 0.976 bits per heavy atom. The molecule has 0 atom stereocenters. The third-order valence-corrected chi connectivity index (χ3v) is 7.74. The number of rotatable bonds is 6. The lowest BCUT2D eigenvalue weighted by molar-refractivity contribution is -0.119. The molecule has 41 heavy (non-hydrogen) atoms. The molecule has 0 spiro atoms. The van der Waals surface area contributed by atoms with Gasteiger partial charge >= 0.3 is 0 Å². The number of nitrogens with zero attached hydrogens (tertiary/aromatic N) is 3. The van der Waals surface area contributed by atoms with E-state index in [0.29, 0.717) is 40.0 Å². The van der Waals surface area contributed by atoms with Gasteiger partial charge in [0, 0.05) is 60.8 Å². The number of anilines is 3. The van der Waals surface area contributed by atoms with Gasteiger partial charge in [0.05, 0.1) is 23.5 Å². The molecule has 0 unspecified atom stereocenters. The lowest BCUT2D eigenvalue weighted by atomic mass is 9.99. The first-order chi connectivity index (χ1) is 19.9. The van der Waals surface area contributed by atoms with Crippen molar-refractivity contribution < 1.29 is 19.1 Å². The number of hydrogen-bond donors (Lipinski definition) is 2. The van der Waals surface area contributed by atoms with Gasteiger partial charge in [-0.05, 0) is 61.6 Å². The number of carbonyl (C=O) groups is 2. The molecule has 3 aromatic carbocycles. The highest BCUT2D eigenvalue weighted by Crippen LogP contribution is 2.41. The van der Waals surface area contributed by atoms with E-state index >= 15 is 0 Å². The summed E-state index contributed by atoms with van der Waals surface area (Å²) < 4.78 is 11.2. The fraction of sp³-hybridized carbons (Fsp3) is 0.226. The topological polar surface area (TPSA) is 86.4 Å². The third kappa shape index (κ3) is 5.65. The van der Waals surface area contributed by atoms with Gasteiger partial charge in [-0.25, -0.2) is 0 Å². The number of carbonyl (C=O) groups excluding carboxylic acids is 2.